The minimum absolute atomic E-state index is 0.472. The summed E-state index contributed by atoms with van der Waals surface area (Å²) in [6.07, 6.45) is 0.909. The predicted octanol–water partition coefficient (Wildman–Crippen LogP) is 2.62. The number of fused-ring (bicyclic) bond motifs is 1. The van der Waals surface area contributed by atoms with Gasteiger partial charge in [-0.2, -0.15) is 0 Å². The Bertz CT molecular complexity index is 426. The van der Waals surface area contributed by atoms with Crippen LogP contribution in [-0.2, 0) is 11.2 Å². The molecule has 2 aliphatic heterocycles. The molecule has 0 spiro atoms. The Morgan fingerprint density at radius 3 is 2.87 bits per heavy atom. The molecule has 2 aliphatic rings. The number of anilines is 1. The molecule has 3 heteroatoms. The fraction of sp³-hybridized carbons (Fsp3) is 0.333. The SMILES string of the molecule is C=C1Cc2cc(Cl)ccc2N1C1COC1. The van der Waals surface area contributed by atoms with E-state index in [-0.39, 0.29) is 0 Å². The molecule has 15 heavy (non-hydrogen) atoms. The molecular formula is C12H12ClNO. The van der Waals surface area contributed by atoms with E-state index in [1.54, 1.807) is 0 Å². The molecule has 2 nitrogen and oxygen atoms in total. The number of halogens is 1. The number of hydrogen-bond donors (Lipinski definition) is 0. The largest absolute Gasteiger partial charge is 0.377 e. The fourth-order valence-electron chi connectivity index (χ4n) is 2.23. The van der Waals surface area contributed by atoms with Crippen LogP contribution in [-0.4, -0.2) is 19.3 Å². The number of rotatable bonds is 1. The summed E-state index contributed by atoms with van der Waals surface area (Å²) in [6.45, 7) is 5.72. The van der Waals surface area contributed by atoms with Gasteiger partial charge in [0.2, 0.25) is 0 Å². The Morgan fingerprint density at radius 2 is 2.20 bits per heavy atom. The van der Waals surface area contributed by atoms with Gasteiger partial charge >= 0.3 is 0 Å². The Balaban J connectivity index is 2.01. The van der Waals surface area contributed by atoms with Gasteiger partial charge in [-0.25, -0.2) is 0 Å². The molecule has 0 radical (unpaired) electrons. The minimum atomic E-state index is 0.472. The number of nitrogens with zero attached hydrogens (tertiary/aromatic N) is 1. The maximum absolute atomic E-state index is 5.97. The van der Waals surface area contributed by atoms with Gasteiger partial charge in [0, 0.05) is 22.8 Å². The molecule has 0 aromatic heterocycles. The lowest BCUT2D eigenvalue weighted by Crippen LogP contribution is -2.47. The van der Waals surface area contributed by atoms with Gasteiger partial charge in [-0.3, -0.25) is 0 Å². The van der Waals surface area contributed by atoms with Crippen LogP contribution in [0.1, 0.15) is 5.56 Å². The van der Waals surface area contributed by atoms with Gasteiger partial charge in [0.05, 0.1) is 19.3 Å². The third kappa shape index (κ3) is 1.36. The van der Waals surface area contributed by atoms with Crippen LogP contribution in [0.25, 0.3) is 0 Å². The highest BCUT2D eigenvalue weighted by molar-refractivity contribution is 6.30. The van der Waals surface area contributed by atoms with Gasteiger partial charge in [0.15, 0.2) is 0 Å². The maximum atomic E-state index is 5.97. The summed E-state index contributed by atoms with van der Waals surface area (Å²) in [5.41, 5.74) is 3.68. The van der Waals surface area contributed by atoms with Gasteiger partial charge in [0.1, 0.15) is 0 Å². The van der Waals surface area contributed by atoms with Crippen molar-refractivity contribution in [2.24, 2.45) is 0 Å². The molecule has 0 amide bonds. The first kappa shape index (κ1) is 9.25. The van der Waals surface area contributed by atoms with Crippen molar-refractivity contribution in [1.82, 2.24) is 0 Å². The van der Waals surface area contributed by atoms with Crippen molar-refractivity contribution in [1.29, 1.82) is 0 Å². The van der Waals surface area contributed by atoms with E-state index in [9.17, 15) is 0 Å². The van der Waals surface area contributed by atoms with Crippen LogP contribution < -0.4 is 4.90 Å². The zero-order chi connectivity index (χ0) is 10.4. The van der Waals surface area contributed by atoms with Crippen LogP contribution in [0.4, 0.5) is 5.69 Å². The molecule has 0 bridgehead atoms. The highest BCUT2D eigenvalue weighted by Gasteiger charge is 2.33. The van der Waals surface area contributed by atoms with Crippen LogP contribution in [0, 0.1) is 0 Å². The lowest BCUT2D eigenvalue weighted by molar-refractivity contribution is 0.0111. The number of ether oxygens (including phenoxy) is 1. The van der Waals surface area contributed by atoms with Crippen LogP contribution in [0.2, 0.25) is 5.02 Å². The average Bonchev–Trinajstić information content (AvgIpc) is 2.40. The van der Waals surface area contributed by atoms with E-state index in [4.69, 9.17) is 16.3 Å². The molecule has 0 aliphatic carbocycles. The number of allylic oxidation sites excluding steroid dienone is 1. The number of benzene rings is 1. The molecule has 0 unspecified atom stereocenters. The van der Waals surface area contributed by atoms with Crippen LogP contribution in [0.5, 0.6) is 0 Å². The first-order chi connectivity index (χ1) is 7.25. The second kappa shape index (κ2) is 3.26. The minimum Gasteiger partial charge on any atom is -0.377 e. The molecule has 1 saturated heterocycles. The zero-order valence-electron chi connectivity index (χ0n) is 8.37. The summed E-state index contributed by atoms with van der Waals surface area (Å²) < 4.78 is 5.23. The van der Waals surface area contributed by atoms with Crippen LogP contribution >= 0.6 is 11.6 Å². The summed E-state index contributed by atoms with van der Waals surface area (Å²) >= 11 is 5.97. The summed E-state index contributed by atoms with van der Waals surface area (Å²) in [5, 5.41) is 0.799. The van der Waals surface area contributed by atoms with Gasteiger partial charge < -0.3 is 9.64 Å². The third-order valence-electron chi connectivity index (χ3n) is 3.02. The number of hydrogen-bond acceptors (Lipinski definition) is 2. The monoisotopic (exact) mass is 221 g/mol. The van der Waals surface area contributed by atoms with Gasteiger partial charge in [-0.05, 0) is 23.8 Å². The van der Waals surface area contributed by atoms with E-state index in [0.717, 1.165) is 30.4 Å². The zero-order valence-corrected chi connectivity index (χ0v) is 9.13. The second-order valence-electron chi connectivity index (χ2n) is 4.08. The average molecular weight is 222 g/mol. The molecule has 78 valence electrons. The van der Waals surface area contributed by atoms with Gasteiger partial charge in [-0.15, -0.1) is 0 Å². The fourth-order valence-corrected chi connectivity index (χ4v) is 2.43. The predicted molar refractivity (Wildman–Crippen MR) is 61.4 cm³/mol. The normalized spacial score (nSPS) is 20.3. The highest BCUT2D eigenvalue weighted by atomic mass is 35.5. The summed E-state index contributed by atoms with van der Waals surface area (Å²) in [7, 11) is 0. The van der Waals surface area contributed by atoms with Gasteiger partial charge in [-0.1, -0.05) is 18.2 Å². The molecule has 0 saturated carbocycles. The van der Waals surface area contributed by atoms with E-state index in [2.05, 4.69) is 17.5 Å². The highest BCUT2D eigenvalue weighted by Crippen LogP contribution is 2.38. The van der Waals surface area contributed by atoms with Crippen molar-refractivity contribution in [3.05, 3.63) is 41.1 Å². The Hall–Kier alpha value is -0.990. The standard InChI is InChI=1S/C12H12ClNO/c1-8-4-9-5-10(13)2-3-12(9)14(8)11-6-15-7-11/h2-3,5,11H,1,4,6-7H2. The van der Waals surface area contributed by atoms with Crippen molar-refractivity contribution >= 4 is 17.3 Å². The maximum Gasteiger partial charge on any atom is 0.0806 e. The van der Waals surface area contributed by atoms with E-state index < -0.39 is 0 Å². The summed E-state index contributed by atoms with van der Waals surface area (Å²) in [4.78, 5) is 2.29. The first-order valence-electron chi connectivity index (χ1n) is 5.09. The van der Waals surface area contributed by atoms with E-state index in [1.165, 1.54) is 11.3 Å². The summed E-state index contributed by atoms with van der Waals surface area (Å²) in [5.74, 6) is 0. The molecule has 1 fully saturated rings. The second-order valence-corrected chi connectivity index (χ2v) is 4.51. The lowest BCUT2D eigenvalue weighted by atomic mass is 10.1. The lowest BCUT2D eigenvalue weighted by Gasteiger charge is -2.37. The molecule has 0 atom stereocenters. The van der Waals surface area contributed by atoms with Crippen molar-refractivity contribution < 1.29 is 4.74 Å². The molecule has 1 aromatic carbocycles. The van der Waals surface area contributed by atoms with E-state index >= 15 is 0 Å². The smallest absolute Gasteiger partial charge is 0.0806 e. The van der Waals surface area contributed by atoms with E-state index in [0.29, 0.717) is 6.04 Å². The van der Waals surface area contributed by atoms with Crippen LogP contribution in [0.3, 0.4) is 0 Å². The van der Waals surface area contributed by atoms with Crippen molar-refractivity contribution in [3.8, 4) is 0 Å². The van der Waals surface area contributed by atoms with Gasteiger partial charge in [0.25, 0.3) is 0 Å². The Kier molecular flexibility index (Phi) is 2.01. The summed E-state index contributed by atoms with van der Waals surface area (Å²) in [6, 6.07) is 6.52. The first-order valence-corrected chi connectivity index (χ1v) is 5.46. The van der Waals surface area contributed by atoms with Crippen LogP contribution in [0.15, 0.2) is 30.5 Å². The Labute approximate surface area is 94.1 Å². The van der Waals surface area contributed by atoms with Crippen molar-refractivity contribution in [2.75, 3.05) is 18.1 Å². The quantitative estimate of drug-likeness (QED) is 0.723. The molecule has 0 N–H and O–H groups in total. The Morgan fingerprint density at radius 1 is 1.40 bits per heavy atom. The topological polar surface area (TPSA) is 12.5 Å². The molecule has 3 rings (SSSR count). The van der Waals surface area contributed by atoms with E-state index in [1.807, 2.05) is 12.1 Å². The third-order valence-corrected chi connectivity index (χ3v) is 3.26. The molecule has 2 heterocycles. The van der Waals surface area contributed by atoms with Crippen molar-refractivity contribution in [2.45, 2.75) is 12.5 Å². The molecular weight excluding hydrogens is 210 g/mol. The van der Waals surface area contributed by atoms with Crippen molar-refractivity contribution in [3.63, 3.8) is 0 Å². The molecule has 1 aromatic rings.